The average molecular weight is 204 g/mol. The molecule has 0 aliphatic carbocycles. The molecule has 2 nitrogen and oxygen atoms in total. The van der Waals surface area contributed by atoms with Gasteiger partial charge < -0.3 is 5.32 Å². The van der Waals surface area contributed by atoms with E-state index in [0.717, 1.165) is 0 Å². The summed E-state index contributed by atoms with van der Waals surface area (Å²) < 4.78 is 35.2. The number of nitrogens with zero attached hydrogens (tertiary/aromatic N) is 1. The highest BCUT2D eigenvalue weighted by atomic mass is 19.4. The second-order valence-electron chi connectivity index (χ2n) is 2.86. The van der Waals surface area contributed by atoms with E-state index in [4.69, 9.17) is 0 Å². The monoisotopic (exact) mass is 204 g/mol. The molecule has 1 aromatic heterocycles. The lowest BCUT2D eigenvalue weighted by Crippen LogP contribution is -2.11. The molecule has 0 aliphatic rings. The Kier molecular flexibility index (Phi) is 3.73. The number of pyridine rings is 1. The van der Waals surface area contributed by atoms with Gasteiger partial charge in [-0.3, -0.25) is 0 Å². The predicted octanol–water partition coefficient (Wildman–Crippen LogP) is 2.84. The second-order valence-corrected chi connectivity index (χ2v) is 2.86. The molecule has 0 fully saturated rings. The van der Waals surface area contributed by atoms with Crippen LogP contribution >= 0.6 is 0 Å². The quantitative estimate of drug-likeness (QED) is 0.763. The number of halogens is 3. The van der Waals surface area contributed by atoms with E-state index in [-0.39, 0.29) is 13.0 Å². The van der Waals surface area contributed by atoms with Crippen LogP contribution in [0.25, 0.3) is 0 Å². The Morgan fingerprint density at radius 2 is 2.07 bits per heavy atom. The van der Waals surface area contributed by atoms with Crippen LogP contribution in [0.2, 0.25) is 0 Å². The molecule has 0 amide bonds. The van der Waals surface area contributed by atoms with Gasteiger partial charge in [-0.1, -0.05) is 6.07 Å². The summed E-state index contributed by atoms with van der Waals surface area (Å²) in [5.74, 6) is 0.606. The zero-order valence-electron chi connectivity index (χ0n) is 7.51. The molecule has 1 heterocycles. The van der Waals surface area contributed by atoms with E-state index in [2.05, 4.69) is 10.3 Å². The van der Waals surface area contributed by atoms with E-state index >= 15 is 0 Å². The number of hydrogen-bond acceptors (Lipinski definition) is 2. The van der Waals surface area contributed by atoms with Gasteiger partial charge in [-0.2, -0.15) is 13.2 Å². The van der Waals surface area contributed by atoms with Crippen molar-refractivity contribution in [3.63, 3.8) is 0 Å². The lowest BCUT2D eigenvalue weighted by atomic mass is 10.3. The molecule has 0 radical (unpaired) electrons. The fourth-order valence-electron chi connectivity index (χ4n) is 0.973. The largest absolute Gasteiger partial charge is 0.389 e. The highest BCUT2D eigenvalue weighted by Gasteiger charge is 2.25. The fourth-order valence-corrected chi connectivity index (χ4v) is 0.973. The molecule has 0 unspecified atom stereocenters. The molecule has 0 aromatic carbocycles. The molecule has 1 N–H and O–H groups in total. The van der Waals surface area contributed by atoms with Gasteiger partial charge in [0, 0.05) is 19.2 Å². The fraction of sp³-hybridized carbons (Fsp3) is 0.444. The molecule has 0 bridgehead atoms. The Hall–Kier alpha value is -1.26. The summed E-state index contributed by atoms with van der Waals surface area (Å²) in [6.45, 7) is 0.288. The maximum Gasteiger partial charge on any atom is 0.389 e. The summed E-state index contributed by atoms with van der Waals surface area (Å²) >= 11 is 0. The molecule has 1 aromatic rings. The number of hydrogen-bond donors (Lipinski definition) is 1. The molecule has 0 saturated heterocycles. The minimum absolute atomic E-state index is 0.0695. The minimum atomic E-state index is -4.06. The van der Waals surface area contributed by atoms with Gasteiger partial charge in [-0.15, -0.1) is 0 Å². The van der Waals surface area contributed by atoms with Crippen LogP contribution < -0.4 is 5.32 Å². The number of rotatable bonds is 4. The van der Waals surface area contributed by atoms with Crippen LogP contribution in [0.3, 0.4) is 0 Å². The van der Waals surface area contributed by atoms with Crippen molar-refractivity contribution in [3.05, 3.63) is 24.4 Å². The molecular weight excluding hydrogens is 193 g/mol. The van der Waals surface area contributed by atoms with E-state index in [0.29, 0.717) is 5.82 Å². The van der Waals surface area contributed by atoms with Gasteiger partial charge >= 0.3 is 6.18 Å². The van der Waals surface area contributed by atoms with Crippen LogP contribution in [-0.4, -0.2) is 17.7 Å². The van der Waals surface area contributed by atoms with Crippen molar-refractivity contribution in [2.24, 2.45) is 0 Å². The third-order valence-corrected chi connectivity index (χ3v) is 1.61. The van der Waals surface area contributed by atoms with Crippen molar-refractivity contribution in [2.45, 2.75) is 19.0 Å². The third kappa shape index (κ3) is 4.69. The van der Waals surface area contributed by atoms with E-state index < -0.39 is 12.6 Å². The highest BCUT2D eigenvalue weighted by molar-refractivity contribution is 5.32. The molecular formula is C9H11F3N2. The normalized spacial score (nSPS) is 11.4. The lowest BCUT2D eigenvalue weighted by molar-refractivity contribution is -0.134. The summed E-state index contributed by atoms with van der Waals surface area (Å²) in [7, 11) is 0. The minimum Gasteiger partial charge on any atom is -0.370 e. The molecule has 0 atom stereocenters. The first-order valence-electron chi connectivity index (χ1n) is 4.29. The van der Waals surface area contributed by atoms with Crippen LogP contribution in [0.5, 0.6) is 0 Å². The Morgan fingerprint density at radius 1 is 1.29 bits per heavy atom. The Bertz CT molecular complexity index is 259. The zero-order chi connectivity index (χ0) is 10.4. The van der Waals surface area contributed by atoms with Gasteiger partial charge in [0.2, 0.25) is 0 Å². The molecule has 5 heteroatoms. The molecule has 0 saturated carbocycles. The summed E-state index contributed by atoms with van der Waals surface area (Å²) in [6, 6.07) is 5.24. The summed E-state index contributed by atoms with van der Waals surface area (Å²) in [4.78, 5) is 3.92. The van der Waals surface area contributed by atoms with Crippen molar-refractivity contribution in [3.8, 4) is 0 Å². The molecule has 0 spiro atoms. The Labute approximate surface area is 80.2 Å². The maximum absolute atomic E-state index is 11.7. The smallest absolute Gasteiger partial charge is 0.370 e. The van der Waals surface area contributed by atoms with Crippen molar-refractivity contribution < 1.29 is 13.2 Å². The molecule has 1 rings (SSSR count). The number of anilines is 1. The van der Waals surface area contributed by atoms with Gasteiger partial charge in [0.15, 0.2) is 0 Å². The SMILES string of the molecule is FC(F)(F)CCCNc1ccccn1. The standard InChI is InChI=1S/C9H11F3N2/c10-9(11,12)5-3-7-14-8-4-1-2-6-13-8/h1-2,4,6H,3,5,7H2,(H,13,14). The van der Waals surface area contributed by atoms with E-state index in [1.807, 2.05) is 0 Å². The van der Waals surface area contributed by atoms with Gasteiger partial charge in [0.25, 0.3) is 0 Å². The van der Waals surface area contributed by atoms with Crippen LogP contribution in [0.15, 0.2) is 24.4 Å². The zero-order valence-corrected chi connectivity index (χ0v) is 7.51. The van der Waals surface area contributed by atoms with Crippen LogP contribution in [0, 0.1) is 0 Å². The number of nitrogens with one attached hydrogen (secondary N) is 1. The summed E-state index contributed by atoms with van der Waals surface area (Å²) in [5, 5.41) is 2.81. The molecule has 14 heavy (non-hydrogen) atoms. The van der Waals surface area contributed by atoms with E-state index in [1.54, 1.807) is 24.4 Å². The van der Waals surface area contributed by atoms with Crippen LogP contribution in [-0.2, 0) is 0 Å². The topological polar surface area (TPSA) is 24.9 Å². The van der Waals surface area contributed by atoms with Gasteiger partial charge in [-0.25, -0.2) is 4.98 Å². The summed E-state index contributed by atoms with van der Waals surface area (Å²) in [5.41, 5.74) is 0. The lowest BCUT2D eigenvalue weighted by Gasteiger charge is -2.07. The first-order valence-corrected chi connectivity index (χ1v) is 4.29. The number of alkyl halides is 3. The summed E-state index contributed by atoms with van der Waals surface area (Å²) in [6.07, 6.45) is -3.16. The Morgan fingerprint density at radius 3 is 2.64 bits per heavy atom. The highest BCUT2D eigenvalue weighted by Crippen LogP contribution is 2.20. The van der Waals surface area contributed by atoms with Gasteiger partial charge in [0.05, 0.1) is 0 Å². The predicted molar refractivity (Wildman–Crippen MR) is 48.0 cm³/mol. The second kappa shape index (κ2) is 4.83. The van der Waals surface area contributed by atoms with Gasteiger partial charge in [-0.05, 0) is 18.6 Å². The van der Waals surface area contributed by atoms with E-state index in [1.165, 1.54) is 0 Å². The van der Waals surface area contributed by atoms with Gasteiger partial charge in [0.1, 0.15) is 5.82 Å². The average Bonchev–Trinajstić information content (AvgIpc) is 2.13. The van der Waals surface area contributed by atoms with Crippen LogP contribution in [0.1, 0.15) is 12.8 Å². The third-order valence-electron chi connectivity index (χ3n) is 1.61. The first kappa shape index (κ1) is 10.8. The number of aromatic nitrogens is 1. The van der Waals surface area contributed by atoms with Crippen molar-refractivity contribution >= 4 is 5.82 Å². The van der Waals surface area contributed by atoms with Crippen molar-refractivity contribution in [1.82, 2.24) is 4.98 Å². The molecule has 78 valence electrons. The molecule has 0 aliphatic heterocycles. The Balaban J connectivity index is 2.17. The van der Waals surface area contributed by atoms with Crippen molar-refractivity contribution in [2.75, 3.05) is 11.9 Å². The van der Waals surface area contributed by atoms with E-state index in [9.17, 15) is 13.2 Å². The maximum atomic E-state index is 11.7. The first-order chi connectivity index (χ1) is 6.58. The van der Waals surface area contributed by atoms with Crippen molar-refractivity contribution in [1.29, 1.82) is 0 Å². The van der Waals surface area contributed by atoms with Crippen LogP contribution in [0.4, 0.5) is 19.0 Å².